The van der Waals surface area contributed by atoms with Gasteiger partial charge in [0.2, 0.25) is 0 Å². The van der Waals surface area contributed by atoms with Crippen molar-refractivity contribution >= 4 is 58.6 Å². The SMILES string of the molecule is COC(=O)CSc1[nH]c(NC(=S)NC(=O)c2ccccc2)c(C(N)=O)c1C(N)=O. The number of aromatic amines is 1. The topological polar surface area (TPSA) is 169 Å². The molecule has 3 amide bonds. The maximum atomic E-state index is 12.2. The lowest BCUT2D eigenvalue weighted by Gasteiger charge is -2.09. The first-order valence-corrected chi connectivity index (χ1v) is 9.36. The number of aromatic nitrogens is 1. The number of hydrogen-bond acceptors (Lipinski definition) is 7. The normalized spacial score (nSPS) is 10.1. The van der Waals surface area contributed by atoms with Crippen LogP contribution in [0.15, 0.2) is 35.4 Å². The number of esters is 1. The Morgan fingerprint density at radius 3 is 2.28 bits per heavy atom. The van der Waals surface area contributed by atoms with E-state index >= 15 is 0 Å². The van der Waals surface area contributed by atoms with Crippen molar-refractivity contribution in [3.05, 3.63) is 47.0 Å². The van der Waals surface area contributed by atoms with Crippen LogP contribution >= 0.6 is 24.0 Å². The van der Waals surface area contributed by atoms with Crippen LogP contribution < -0.4 is 22.1 Å². The average molecular weight is 435 g/mol. The minimum absolute atomic E-state index is 0.0444. The molecule has 0 fully saturated rings. The van der Waals surface area contributed by atoms with Crippen LogP contribution in [0.25, 0.3) is 0 Å². The fourth-order valence-corrected chi connectivity index (χ4v) is 3.36. The van der Waals surface area contributed by atoms with E-state index in [1.54, 1.807) is 30.3 Å². The van der Waals surface area contributed by atoms with Crippen molar-refractivity contribution in [1.29, 1.82) is 0 Å². The van der Waals surface area contributed by atoms with Gasteiger partial charge in [0.15, 0.2) is 5.11 Å². The standard InChI is InChI=1S/C17H17N5O5S2/c1-27-9(23)7-29-16-11(13(19)25)10(12(18)24)14(20-16)21-17(28)22-15(26)8-5-3-2-4-6-8/h2-6,20H,7H2,1H3,(H2,18,24)(H2,19,25)(H2,21,22,26,28). The van der Waals surface area contributed by atoms with Gasteiger partial charge >= 0.3 is 5.97 Å². The largest absolute Gasteiger partial charge is 0.468 e. The van der Waals surface area contributed by atoms with Gasteiger partial charge in [0, 0.05) is 5.56 Å². The lowest BCUT2D eigenvalue weighted by Crippen LogP contribution is -2.34. The second-order valence-corrected chi connectivity index (χ2v) is 6.84. The molecule has 7 N–H and O–H groups in total. The second-order valence-electron chi connectivity index (χ2n) is 5.45. The first kappa shape index (κ1) is 21.9. The van der Waals surface area contributed by atoms with Crippen molar-refractivity contribution < 1.29 is 23.9 Å². The molecule has 1 aromatic carbocycles. The molecule has 2 aromatic rings. The van der Waals surface area contributed by atoms with Crippen LogP contribution in [0.2, 0.25) is 0 Å². The summed E-state index contributed by atoms with van der Waals surface area (Å²) in [6.45, 7) is 0. The molecule has 0 aliphatic rings. The third kappa shape index (κ3) is 5.56. The Hall–Kier alpha value is -3.38. The number of nitrogens with two attached hydrogens (primary N) is 2. The maximum absolute atomic E-state index is 12.2. The number of methoxy groups -OCH3 is 1. The number of thiocarbonyl (C=S) groups is 1. The van der Waals surface area contributed by atoms with Gasteiger partial charge in [-0.25, -0.2) is 0 Å². The lowest BCUT2D eigenvalue weighted by molar-refractivity contribution is -0.137. The number of primary amides is 2. The second kappa shape index (κ2) is 9.71. The number of carbonyl (C=O) groups excluding carboxylic acids is 4. The Labute approximate surface area is 174 Å². The summed E-state index contributed by atoms with van der Waals surface area (Å²) in [4.78, 5) is 50.1. The number of anilines is 1. The minimum atomic E-state index is -0.959. The predicted molar refractivity (Wildman–Crippen MR) is 111 cm³/mol. The van der Waals surface area contributed by atoms with Gasteiger partial charge in [-0.1, -0.05) is 30.0 Å². The van der Waals surface area contributed by atoms with Crippen LogP contribution in [0.3, 0.4) is 0 Å². The van der Waals surface area contributed by atoms with Gasteiger partial charge in [-0.15, -0.1) is 0 Å². The molecule has 0 spiro atoms. The number of hydrogen-bond donors (Lipinski definition) is 5. The van der Waals surface area contributed by atoms with E-state index in [1.807, 2.05) is 0 Å². The number of benzene rings is 1. The first-order chi connectivity index (χ1) is 13.7. The summed E-state index contributed by atoms with van der Waals surface area (Å²) in [6.07, 6.45) is 0. The van der Waals surface area contributed by atoms with E-state index in [0.29, 0.717) is 5.56 Å². The smallest absolute Gasteiger partial charge is 0.316 e. The number of thioether (sulfide) groups is 1. The maximum Gasteiger partial charge on any atom is 0.316 e. The molecule has 0 bridgehead atoms. The van der Waals surface area contributed by atoms with E-state index in [1.165, 1.54) is 7.11 Å². The van der Waals surface area contributed by atoms with Gasteiger partial charge in [-0.3, -0.25) is 24.5 Å². The first-order valence-electron chi connectivity index (χ1n) is 7.97. The molecule has 12 heteroatoms. The molecular formula is C17H17N5O5S2. The highest BCUT2D eigenvalue weighted by Gasteiger charge is 2.26. The van der Waals surface area contributed by atoms with Crippen molar-refractivity contribution in [3.63, 3.8) is 0 Å². The molecular weight excluding hydrogens is 418 g/mol. The Bertz CT molecular complexity index is 974. The Kier molecular flexibility index (Phi) is 7.33. The third-order valence-electron chi connectivity index (χ3n) is 3.52. The Morgan fingerprint density at radius 2 is 1.72 bits per heavy atom. The van der Waals surface area contributed by atoms with Gasteiger partial charge in [-0.2, -0.15) is 0 Å². The van der Waals surface area contributed by atoms with Crippen molar-refractivity contribution in [2.24, 2.45) is 11.5 Å². The molecule has 10 nitrogen and oxygen atoms in total. The predicted octanol–water partition coefficient (Wildman–Crippen LogP) is 0.604. The highest BCUT2D eigenvalue weighted by Crippen LogP contribution is 2.30. The summed E-state index contributed by atoms with van der Waals surface area (Å²) in [7, 11) is 1.21. The molecule has 0 saturated heterocycles. The molecule has 0 saturated carbocycles. The van der Waals surface area contributed by atoms with Gasteiger partial charge < -0.3 is 26.5 Å². The van der Waals surface area contributed by atoms with E-state index in [4.69, 9.17) is 23.7 Å². The van der Waals surface area contributed by atoms with E-state index in [-0.39, 0.29) is 32.8 Å². The number of carbonyl (C=O) groups is 4. The fourth-order valence-electron chi connectivity index (χ4n) is 2.26. The monoisotopic (exact) mass is 435 g/mol. The molecule has 1 heterocycles. The molecule has 0 atom stereocenters. The summed E-state index contributed by atoms with van der Waals surface area (Å²) in [5.41, 5.74) is 10.7. The van der Waals surface area contributed by atoms with Crippen LogP contribution in [0, 0.1) is 0 Å². The summed E-state index contributed by atoms with van der Waals surface area (Å²) in [6, 6.07) is 8.31. The number of amides is 3. The quantitative estimate of drug-likeness (QED) is 0.239. The number of nitrogens with one attached hydrogen (secondary N) is 3. The molecule has 0 unspecified atom stereocenters. The summed E-state index contributed by atoms with van der Waals surface area (Å²) < 4.78 is 4.54. The summed E-state index contributed by atoms with van der Waals surface area (Å²) in [5, 5.41) is 5.03. The lowest BCUT2D eigenvalue weighted by atomic mass is 10.1. The summed E-state index contributed by atoms with van der Waals surface area (Å²) >= 11 is 5.98. The minimum Gasteiger partial charge on any atom is -0.468 e. The van der Waals surface area contributed by atoms with Crippen molar-refractivity contribution in [3.8, 4) is 0 Å². The van der Waals surface area contributed by atoms with Crippen LogP contribution in [-0.4, -0.2) is 46.6 Å². The molecule has 29 heavy (non-hydrogen) atoms. The molecule has 1 aromatic heterocycles. The fraction of sp³-hybridized carbons (Fsp3) is 0.118. The zero-order valence-corrected chi connectivity index (χ0v) is 16.7. The van der Waals surface area contributed by atoms with Crippen LogP contribution in [0.1, 0.15) is 31.1 Å². The third-order valence-corrected chi connectivity index (χ3v) is 4.70. The Morgan fingerprint density at radius 1 is 1.10 bits per heavy atom. The molecule has 152 valence electrons. The van der Waals surface area contributed by atoms with Gasteiger partial charge in [-0.05, 0) is 24.4 Å². The van der Waals surface area contributed by atoms with Gasteiger partial charge in [0.1, 0.15) is 5.82 Å². The Balaban J connectivity index is 2.27. The average Bonchev–Trinajstić information content (AvgIpc) is 3.05. The molecule has 2 rings (SSSR count). The molecule has 0 aliphatic heterocycles. The van der Waals surface area contributed by atoms with Crippen molar-refractivity contribution in [2.75, 3.05) is 18.2 Å². The van der Waals surface area contributed by atoms with E-state index < -0.39 is 23.7 Å². The van der Waals surface area contributed by atoms with E-state index in [2.05, 4.69) is 20.4 Å². The number of H-pyrrole nitrogens is 1. The molecule has 0 aliphatic carbocycles. The van der Waals surface area contributed by atoms with Crippen molar-refractivity contribution in [1.82, 2.24) is 10.3 Å². The van der Waals surface area contributed by atoms with Gasteiger partial charge in [0.05, 0.1) is 29.0 Å². The summed E-state index contributed by atoms with van der Waals surface area (Å²) in [5.74, 6) is -3.12. The highest BCUT2D eigenvalue weighted by molar-refractivity contribution is 8.00. The van der Waals surface area contributed by atoms with Gasteiger partial charge in [0.25, 0.3) is 17.7 Å². The number of ether oxygens (including phenoxy) is 1. The van der Waals surface area contributed by atoms with E-state index in [9.17, 15) is 19.2 Å². The van der Waals surface area contributed by atoms with Crippen LogP contribution in [0.5, 0.6) is 0 Å². The zero-order valence-electron chi connectivity index (χ0n) is 15.1. The van der Waals surface area contributed by atoms with E-state index in [0.717, 1.165) is 11.8 Å². The zero-order chi connectivity index (χ0) is 21.6. The van der Waals surface area contributed by atoms with Crippen LogP contribution in [-0.2, 0) is 9.53 Å². The number of rotatable bonds is 7. The highest BCUT2D eigenvalue weighted by atomic mass is 32.2. The van der Waals surface area contributed by atoms with Crippen molar-refractivity contribution in [2.45, 2.75) is 5.03 Å². The van der Waals surface area contributed by atoms with Crippen LogP contribution in [0.4, 0.5) is 5.82 Å². The molecule has 0 radical (unpaired) electrons.